The molecule has 2 rings (SSSR count). The van der Waals surface area contributed by atoms with Crippen molar-refractivity contribution in [3.8, 4) is 0 Å². The van der Waals surface area contributed by atoms with Crippen LogP contribution < -0.4 is 15.5 Å². The van der Waals surface area contributed by atoms with Crippen LogP contribution in [0, 0.1) is 0 Å². The number of hydrogen-bond donors (Lipinski definition) is 2. The summed E-state index contributed by atoms with van der Waals surface area (Å²) in [5.74, 6) is 0.876. The summed E-state index contributed by atoms with van der Waals surface area (Å²) in [6.45, 7) is 11.8. The van der Waals surface area contributed by atoms with Gasteiger partial charge in [-0.2, -0.15) is 0 Å². The molecule has 0 saturated carbocycles. The van der Waals surface area contributed by atoms with Gasteiger partial charge < -0.3 is 25.0 Å². The molecule has 1 aliphatic rings. The molecule has 1 saturated heterocycles. The van der Waals surface area contributed by atoms with Crippen molar-refractivity contribution < 1.29 is 9.47 Å². The number of hydrogen-bond acceptors (Lipinski definition) is 4. The number of rotatable bonds is 10. The van der Waals surface area contributed by atoms with E-state index in [4.69, 9.17) is 9.47 Å². The molecule has 146 valence electrons. The van der Waals surface area contributed by atoms with Crippen LogP contribution in [-0.2, 0) is 16.0 Å². The Morgan fingerprint density at radius 3 is 2.58 bits per heavy atom. The molecule has 1 heterocycles. The van der Waals surface area contributed by atoms with Crippen molar-refractivity contribution >= 4 is 11.6 Å². The van der Waals surface area contributed by atoms with Gasteiger partial charge in [0.15, 0.2) is 5.96 Å². The molecule has 0 aliphatic carbocycles. The molecule has 6 heteroatoms. The zero-order valence-corrected chi connectivity index (χ0v) is 16.3. The van der Waals surface area contributed by atoms with Gasteiger partial charge in [0, 0.05) is 45.1 Å². The molecule has 0 unspecified atom stereocenters. The lowest BCUT2D eigenvalue weighted by Gasteiger charge is -2.28. The average Bonchev–Trinajstić information content (AvgIpc) is 2.70. The lowest BCUT2D eigenvalue weighted by atomic mass is 10.2. The first kappa shape index (κ1) is 20.5. The fraction of sp³-hybridized carbons (Fsp3) is 0.650. The van der Waals surface area contributed by atoms with Gasteiger partial charge in [-0.15, -0.1) is 0 Å². The van der Waals surface area contributed by atoms with Gasteiger partial charge in [0.1, 0.15) is 0 Å². The Balaban J connectivity index is 1.78. The predicted octanol–water partition coefficient (Wildman–Crippen LogP) is 2.40. The van der Waals surface area contributed by atoms with Crippen LogP contribution in [0.25, 0.3) is 0 Å². The molecule has 1 fully saturated rings. The molecule has 6 nitrogen and oxygen atoms in total. The van der Waals surface area contributed by atoms with Gasteiger partial charge in [0.05, 0.1) is 19.8 Å². The van der Waals surface area contributed by atoms with E-state index in [9.17, 15) is 0 Å². The lowest BCUT2D eigenvalue weighted by Crippen LogP contribution is -2.37. The van der Waals surface area contributed by atoms with Crippen LogP contribution in [0.3, 0.4) is 0 Å². The zero-order valence-electron chi connectivity index (χ0n) is 16.3. The molecule has 26 heavy (non-hydrogen) atoms. The van der Waals surface area contributed by atoms with Crippen LogP contribution in [0.5, 0.6) is 0 Å². The number of morpholine rings is 1. The molecule has 0 bridgehead atoms. The number of ether oxygens (including phenoxy) is 2. The number of nitrogens with zero attached hydrogens (tertiary/aromatic N) is 2. The van der Waals surface area contributed by atoms with Crippen molar-refractivity contribution in [2.45, 2.75) is 33.2 Å². The van der Waals surface area contributed by atoms with Crippen LogP contribution in [0.1, 0.15) is 32.3 Å². The maximum absolute atomic E-state index is 5.41. The molecule has 0 radical (unpaired) electrons. The fourth-order valence-electron chi connectivity index (χ4n) is 2.83. The lowest BCUT2D eigenvalue weighted by molar-refractivity contribution is 0.122. The molecular weight excluding hydrogens is 328 g/mol. The average molecular weight is 363 g/mol. The Bertz CT molecular complexity index is 513. The van der Waals surface area contributed by atoms with Gasteiger partial charge in [-0.05, 0) is 44.4 Å². The van der Waals surface area contributed by atoms with Crippen molar-refractivity contribution in [1.29, 1.82) is 0 Å². The topological polar surface area (TPSA) is 58.1 Å². The third-order valence-electron chi connectivity index (χ3n) is 4.29. The maximum Gasteiger partial charge on any atom is 0.191 e. The molecule has 0 amide bonds. The van der Waals surface area contributed by atoms with E-state index in [-0.39, 0.29) is 0 Å². The van der Waals surface area contributed by atoms with Crippen LogP contribution in [0.4, 0.5) is 5.69 Å². The van der Waals surface area contributed by atoms with Gasteiger partial charge in [-0.1, -0.05) is 12.1 Å². The van der Waals surface area contributed by atoms with Crippen molar-refractivity contribution in [3.63, 3.8) is 0 Å². The Labute approximate surface area is 158 Å². The minimum Gasteiger partial charge on any atom is -0.382 e. The summed E-state index contributed by atoms with van der Waals surface area (Å²) >= 11 is 0. The number of guanidine groups is 1. The first-order valence-corrected chi connectivity index (χ1v) is 9.85. The highest BCUT2D eigenvalue weighted by atomic mass is 16.5. The zero-order chi connectivity index (χ0) is 18.5. The van der Waals surface area contributed by atoms with E-state index < -0.39 is 0 Å². The third kappa shape index (κ3) is 7.62. The first-order chi connectivity index (χ1) is 12.8. The highest BCUT2D eigenvalue weighted by molar-refractivity contribution is 5.79. The van der Waals surface area contributed by atoms with Crippen molar-refractivity contribution in [2.75, 3.05) is 57.5 Å². The van der Waals surface area contributed by atoms with Gasteiger partial charge in [-0.25, -0.2) is 4.99 Å². The highest BCUT2D eigenvalue weighted by Crippen LogP contribution is 2.17. The molecule has 0 atom stereocenters. The molecule has 0 aromatic heterocycles. The van der Waals surface area contributed by atoms with Crippen molar-refractivity contribution in [1.82, 2.24) is 10.6 Å². The first-order valence-electron chi connectivity index (χ1n) is 9.85. The Kier molecular flexibility index (Phi) is 9.90. The van der Waals surface area contributed by atoms with Crippen LogP contribution >= 0.6 is 0 Å². The quantitative estimate of drug-likeness (QED) is 0.380. The number of unbranched alkanes of at least 4 members (excludes halogenated alkanes) is 1. The van der Waals surface area contributed by atoms with E-state index in [1.165, 1.54) is 11.3 Å². The minimum absolute atomic E-state index is 0.678. The van der Waals surface area contributed by atoms with E-state index in [1.54, 1.807) is 0 Å². The molecule has 1 aliphatic heterocycles. The standard InChI is InChI=1S/C20H34N4O2/c1-3-21-20(22-11-5-6-14-25-4-2)23-17-18-7-9-19(10-8-18)24-12-15-26-16-13-24/h7-10H,3-6,11-17H2,1-2H3,(H2,21,22,23). The molecule has 2 N–H and O–H groups in total. The summed E-state index contributed by atoms with van der Waals surface area (Å²) in [5.41, 5.74) is 2.48. The summed E-state index contributed by atoms with van der Waals surface area (Å²) in [4.78, 5) is 7.05. The SMILES string of the molecule is CCNC(=NCc1ccc(N2CCOCC2)cc1)NCCCCOCC. The second-order valence-electron chi connectivity index (χ2n) is 6.29. The number of nitrogens with one attached hydrogen (secondary N) is 2. The summed E-state index contributed by atoms with van der Waals surface area (Å²) in [5, 5.41) is 6.70. The Morgan fingerprint density at radius 2 is 1.88 bits per heavy atom. The fourth-order valence-corrected chi connectivity index (χ4v) is 2.83. The Hall–Kier alpha value is -1.79. The minimum atomic E-state index is 0.678. The van der Waals surface area contributed by atoms with Crippen molar-refractivity contribution in [3.05, 3.63) is 29.8 Å². The number of anilines is 1. The summed E-state index contributed by atoms with van der Waals surface area (Å²) in [6, 6.07) is 8.70. The monoisotopic (exact) mass is 362 g/mol. The van der Waals surface area contributed by atoms with Gasteiger partial charge in [-0.3, -0.25) is 0 Å². The van der Waals surface area contributed by atoms with Gasteiger partial charge in [0.25, 0.3) is 0 Å². The second kappa shape index (κ2) is 12.5. The van der Waals surface area contributed by atoms with Gasteiger partial charge >= 0.3 is 0 Å². The normalized spacial score (nSPS) is 15.2. The largest absolute Gasteiger partial charge is 0.382 e. The smallest absolute Gasteiger partial charge is 0.191 e. The van der Waals surface area contributed by atoms with E-state index >= 15 is 0 Å². The van der Waals surface area contributed by atoms with E-state index in [1.807, 2.05) is 6.92 Å². The molecule has 0 spiro atoms. The summed E-state index contributed by atoms with van der Waals surface area (Å²) in [7, 11) is 0. The second-order valence-corrected chi connectivity index (χ2v) is 6.29. The van der Waals surface area contributed by atoms with Crippen LogP contribution in [0.15, 0.2) is 29.3 Å². The molecule has 1 aromatic rings. The molecular formula is C20H34N4O2. The Morgan fingerprint density at radius 1 is 1.12 bits per heavy atom. The van der Waals surface area contributed by atoms with Crippen LogP contribution in [-0.4, -0.2) is 58.6 Å². The highest BCUT2D eigenvalue weighted by Gasteiger charge is 2.10. The van der Waals surface area contributed by atoms with Crippen molar-refractivity contribution in [2.24, 2.45) is 4.99 Å². The number of benzene rings is 1. The summed E-state index contributed by atoms with van der Waals surface area (Å²) < 4.78 is 10.8. The maximum atomic E-state index is 5.41. The third-order valence-corrected chi connectivity index (χ3v) is 4.29. The van der Waals surface area contributed by atoms with Crippen LogP contribution in [0.2, 0.25) is 0 Å². The number of aliphatic imine (C=N–C) groups is 1. The van der Waals surface area contributed by atoms with E-state index in [0.717, 1.165) is 71.4 Å². The van der Waals surface area contributed by atoms with Gasteiger partial charge in [0.2, 0.25) is 0 Å². The predicted molar refractivity (Wildman–Crippen MR) is 108 cm³/mol. The van der Waals surface area contributed by atoms with E-state index in [0.29, 0.717) is 6.54 Å². The molecule has 1 aromatic carbocycles. The van der Waals surface area contributed by atoms with E-state index in [2.05, 4.69) is 51.7 Å². The summed E-state index contributed by atoms with van der Waals surface area (Å²) in [6.07, 6.45) is 2.15.